The topological polar surface area (TPSA) is 46.0 Å². The normalized spacial score (nSPS) is 11.5. The van der Waals surface area contributed by atoms with E-state index in [0.717, 1.165) is 24.5 Å². The number of pyridine rings is 2. The number of rotatable bonds is 4. The lowest BCUT2D eigenvalue weighted by molar-refractivity contribution is -0.138. The number of alkyl halides is 3. The monoisotopic (exact) mass is 382 g/mol. The molecule has 0 aliphatic carbocycles. The Morgan fingerprint density at radius 2 is 1.59 bits per heavy atom. The quantitative estimate of drug-likeness (QED) is 0.654. The standard InChI is InChI=1S/C11H17NO.C10H12F3N/c1-4-9(5-2)10-6-11(13)8(3)12-7-10;1-6(2)8-5-14-7(3)4-9(8)10(11,12)13/h6-7,9,13H,4-5H2,1-3H3;4-6H,1-3H3. The molecule has 2 rings (SSSR count). The fourth-order valence-corrected chi connectivity index (χ4v) is 2.80. The van der Waals surface area contributed by atoms with E-state index in [1.807, 2.05) is 19.2 Å². The Kier molecular flexibility index (Phi) is 8.25. The minimum absolute atomic E-state index is 0.167. The largest absolute Gasteiger partial charge is 0.506 e. The van der Waals surface area contributed by atoms with E-state index in [9.17, 15) is 18.3 Å². The van der Waals surface area contributed by atoms with Crippen molar-refractivity contribution in [2.45, 2.75) is 72.4 Å². The van der Waals surface area contributed by atoms with Crippen molar-refractivity contribution in [3.63, 3.8) is 0 Å². The molecule has 150 valence electrons. The van der Waals surface area contributed by atoms with Gasteiger partial charge in [0.25, 0.3) is 0 Å². The van der Waals surface area contributed by atoms with E-state index in [-0.39, 0.29) is 11.5 Å². The Morgan fingerprint density at radius 3 is 2.04 bits per heavy atom. The summed E-state index contributed by atoms with van der Waals surface area (Å²) in [6.07, 6.45) is 1.09. The lowest BCUT2D eigenvalue weighted by Crippen LogP contribution is -2.11. The molecule has 0 aliphatic heterocycles. The van der Waals surface area contributed by atoms with Crippen molar-refractivity contribution in [2.24, 2.45) is 0 Å². The van der Waals surface area contributed by atoms with Gasteiger partial charge in [0.15, 0.2) is 0 Å². The third-order valence-corrected chi connectivity index (χ3v) is 4.54. The van der Waals surface area contributed by atoms with Gasteiger partial charge < -0.3 is 5.11 Å². The predicted molar refractivity (Wildman–Crippen MR) is 102 cm³/mol. The Balaban J connectivity index is 0.000000271. The van der Waals surface area contributed by atoms with Crippen LogP contribution in [-0.4, -0.2) is 15.1 Å². The molecule has 0 fully saturated rings. The number of aryl methyl sites for hydroxylation is 2. The van der Waals surface area contributed by atoms with E-state index in [4.69, 9.17) is 0 Å². The molecule has 1 N–H and O–H groups in total. The van der Waals surface area contributed by atoms with Crippen LogP contribution < -0.4 is 0 Å². The summed E-state index contributed by atoms with van der Waals surface area (Å²) in [5, 5.41) is 9.48. The van der Waals surface area contributed by atoms with Gasteiger partial charge in [-0.1, -0.05) is 27.7 Å². The van der Waals surface area contributed by atoms with Gasteiger partial charge in [-0.25, -0.2) is 0 Å². The second kappa shape index (κ2) is 9.72. The highest BCUT2D eigenvalue weighted by Crippen LogP contribution is 2.35. The van der Waals surface area contributed by atoms with Crippen LogP contribution in [0.25, 0.3) is 0 Å². The average molecular weight is 382 g/mol. The van der Waals surface area contributed by atoms with Crippen molar-refractivity contribution in [1.82, 2.24) is 9.97 Å². The van der Waals surface area contributed by atoms with Crippen LogP contribution in [0, 0.1) is 13.8 Å². The number of nitrogens with zero attached hydrogens (tertiary/aromatic N) is 2. The Hall–Kier alpha value is -2.11. The zero-order chi connectivity index (χ0) is 20.8. The van der Waals surface area contributed by atoms with Crippen molar-refractivity contribution in [3.05, 3.63) is 52.6 Å². The summed E-state index contributed by atoms with van der Waals surface area (Å²) in [6.45, 7) is 11.1. The van der Waals surface area contributed by atoms with E-state index in [0.29, 0.717) is 23.1 Å². The lowest BCUT2D eigenvalue weighted by atomic mass is 9.95. The highest BCUT2D eigenvalue weighted by atomic mass is 19.4. The zero-order valence-corrected chi connectivity index (χ0v) is 16.9. The molecule has 6 heteroatoms. The molecule has 0 spiro atoms. The third kappa shape index (κ3) is 6.52. The molecule has 2 heterocycles. The van der Waals surface area contributed by atoms with E-state index in [1.165, 1.54) is 6.20 Å². The average Bonchev–Trinajstić information content (AvgIpc) is 2.58. The summed E-state index contributed by atoms with van der Waals surface area (Å²) in [5.74, 6) is 0.670. The van der Waals surface area contributed by atoms with Crippen LogP contribution in [0.2, 0.25) is 0 Å². The molecule has 0 aromatic carbocycles. The molecule has 2 aromatic heterocycles. The second-order valence-corrected chi connectivity index (χ2v) is 6.95. The summed E-state index contributed by atoms with van der Waals surface area (Å²) in [7, 11) is 0. The molecule has 27 heavy (non-hydrogen) atoms. The van der Waals surface area contributed by atoms with E-state index >= 15 is 0 Å². The number of hydrogen-bond acceptors (Lipinski definition) is 3. The highest BCUT2D eigenvalue weighted by Gasteiger charge is 2.34. The van der Waals surface area contributed by atoms with Gasteiger partial charge >= 0.3 is 6.18 Å². The summed E-state index contributed by atoms with van der Waals surface area (Å²) >= 11 is 0. The van der Waals surface area contributed by atoms with Crippen LogP contribution in [0.1, 0.15) is 80.5 Å². The summed E-state index contributed by atoms with van der Waals surface area (Å²) in [4.78, 5) is 8.02. The van der Waals surface area contributed by atoms with Crippen molar-refractivity contribution in [3.8, 4) is 5.75 Å². The summed E-state index contributed by atoms with van der Waals surface area (Å²) in [6, 6.07) is 2.93. The first kappa shape index (κ1) is 22.9. The fourth-order valence-electron chi connectivity index (χ4n) is 2.80. The molecule has 0 amide bonds. The van der Waals surface area contributed by atoms with Gasteiger partial charge in [0.05, 0.1) is 11.3 Å². The molecule has 2 aromatic rings. The van der Waals surface area contributed by atoms with E-state index in [1.54, 1.807) is 20.8 Å². The van der Waals surface area contributed by atoms with Crippen LogP contribution in [0.15, 0.2) is 24.5 Å². The summed E-state index contributed by atoms with van der Waals surface area (Å²) in [5.41, 5.74) is 1.92. The minimum atomic E-state index is -4.28. The Labute approximate surface area is 159 Å². The van der Waals surface area contributed by atoms with Crippen molar-refractivity contribution >= 4 is 0 Å². The fraction of sp³-hybridized carbons (Fsp3) is 0.524. The number of hydrogen-bond donors (Lipinski definition) is 1. The molecule has 3 nitrogen and oxygen atoms in total. The summed E-state index contributed by atoms with van der Waals surface area (Å²) < 4.78 is 37.7. The first-order valence-electron chi connectivity index (χ1n) is 9.20. The first-order chi connectivity index (χ1) is 12.5. The van der Waals surface area contributed by atoms with E-state index in [2.05, 4.69) is 23.8 Å². The molecule has 0 saturated carbocycles. The molecule has 0 atom stereocenters. The van der Waals surface area contributed by atoms with Crippen LogP contribution in [-0.2, 0) is 6.18 Å². The first-order valence-corrected chi connectivity index (χ1v) is 9.20. The van der Waals surface area contributed by atoms with Gasteiger partial charge in [0.2, 0.25) is 0 Å². The molecule has 0 radical (unpaired) electrons. The predicted octanol–water partition coefficient (Wildman–Crippen LogP) is 6.53. The SMILES string of the molecule is CCC(CC)c1cnc(C)c(O)c1.Cc1cc(C(F)(F)F)c(C(C)C)cn1. The van der Waals surface area contributed by atoms with Gasteiger partial charge in [-0.2, -0.15) is 13.2 Å². The molecule has 0 unspecified atom stereocenters. The van der Waals surface area contributed by atoms with Crippen LogP contribution >= 0.6 is 0 Å². The molecular formula is C21H29F3N2O. The minimum Gasteiger partial charge on any atom is -0.506 e. The maximum atomic E-state index is 12.6. The van der Waals surface area contributed by atoms with E-state index < -0.39 is 11.7 Å². The Bertz CT molecular complexity index is 739. The van der Waals surface area contributed by atoms with Gasteiger partial charge in [-0.15, -0.1) is 0 Å². The smallest absolute Gasteiger partial charge is 0.416 e. The maximum absolute atomic E-state index is 12.6. The van der Waals surface area contributed by atoms with Crippen LogP contribution in [0.5, 0.6) is 5.75 Å². The van der Waals surface area contributed by atoms with Crippen molar-refractivity contribution in [2.75, 3.05) is 0 Å². The number of aromatic nitrogens is 2. The van der Waals surface area contributed by atoms with Crippen molar-refractivity contribution < 1.29 is 18.3 Å². The molecule has 0 aliphatic rings. The second-order valence-electron chi connectivity index (χ2n) is 6.95. The van der Waals surface area contributed by atoms with Gasteiger partial charge in [-0.05, 0) is 61.8 Å². The molecule has 0 bridgehead atoms. The molecule has 0 saturated heterocycles. The van der Waals surface area contributed by atoms with Crippen molar-refractivity contribution in [1.29, 1.82) is 0 Å². The number of aromatic hydroxyl groups is 1. The van der Waals surface area contributed by atoms with Gasteiger partial charge in [-0.3, -0.25) is 9.97 Å². The maximum Gasteiger partial charge on any atom is 0.416 e. The van der Waals surface area contributed by atoms with Gasteiger partial charge in [0.1, 0.15) is 5.75 Å². The lowest BCUT2D eigenvalue weighted by Gasteiger charge is -2.15. The number of halogens is 3. The van der Waals surface area contributed by atoms with Crippen LogP contribution in [0.4, 0.5) is 13.2 Å². The molecular weight excluding hydrogens is 353 g/mol. The third-order valence-electron chi connectivity index (χ3n) is 4.54. The Morgan fingerprint density at radius 1 is 1.00 bits per heavy atom. The van der Waals surface area contributed by atoms with Gasteiger partial charge in [0, 0.05) is 18.1 Å². The highest BCUT2D eigenvalue weighted by molar-refractivity contribution is 5.32. The zero-order valence-electron chi connectivity index (χ0n) is 16.9. The van der Waals surface area contributed by atoms with Crippen LogP contribution in [0.3, 0.4) is 0 Å².